The molecule has 2 unspecified atom stereocenters. The number of aryl methyl sites for hydroxylation is 1. The second-order valence-corrected chi connectivity index (χ2v) is 7.33. The van der Waals surface area contributed by atoms with Crippen LogP contribution in [-0.2, 0) is 14.8 Å². The van der Waals surface area contributed by atoms with E-state index in [9.17, 15) is 13.2 Å². The third-order valence-electron chi connectivity index (χ3n) is 4.10. The summed E-state index contributed by atoms with van der Waals surface area (Å²) in [5.41, 5.74) is 6.54. The van der Waals surface area contributed by atoms with E-state index in [1.54, 1.807) is 13.0 Å². The van der Waals surface area contributed by atoms with Crippen LogP contribution in [0, 0.1) is 12.8 Å². The molecule has 0 heterocycles. The summed E-state index contributed by atoms with van der Waals surface area (Å²) >= 11 is 0. The molecule has 0 spiro atoms. The highest BCUT2D eigenvalue weighted by Gasteiger charge is 2.32. The SMILES string of the molecule is COC(=O)c1cc(C)ccc1S(=O)(=O)NC1CCCC1CN.Cl. The minimum Gasteiger partial charge on any atom is -0.465 e. The van der Waals surface area contributed by atoms with Gasteiger partial charge in [0.1, 0.15) is 0 Å². The molecule has 0 aliphatic heterocycles. The molecule has 1 aromatic carbocycles. The standard InChI is InChI=1S/C15H22N2O4S.ClH/c1-10-6-7-14(12(8-10)15(18)21-2)22(19,20)17-13-5-3-4-11(13)9-16;/h6-8,11,13,17H,3-5,9,16H2,1-2H3;1H. The maximum Gasteiger partial charge on any atom is 0.339 e. The molecule has 0 radical (unpaired) electrons. The van der Waals surface area contributed by atoms with Crippen LogP contribution in [0.15, 0.2) is 23.1 Å². The Morgan fingerprint density at radius 1 is 1.39 bits per heavy atom. The minimum absolute atomic E-state index is 0. The molecule has 23 heavy (non-hydrogen) atoms. The Kier molecular flexibility index (Phi) is 7.01. The average Bonchev–Trinajstić information content (AvgIpc) is 2.92. The quantitative estimate of drug-likeness (QED) is 0.775. The third kappa shape index (κ3) is 4.44. The van der Waals surface area contributed by atoms with Gasteiger partial charge in [0.05, 0.1) is 17.6 Å². The first-order valence-electron chi connectivity index (χ1n) is 7.30. The lowest BCUT2D eigenvalue weighted by Gasteiger charge is -2.20. The fourth-order valence-electron chi connectivity index (χ4n) is 2.88. The van der Waals surface area contributed by atoms with E-state index in [1.807, 2.05) is 0 Å². The van der Waals surface area contributed by atoms with Gasteiger partial charge in [0.15, 0.2) is 0 Å². The summed E-state index contributed by atoms with van der Waals surface area (Å²) in [5.74, 6) is -0.521. The van der Waals surface area contributed by atoms with Crippen LogP contribution in [0.5, 0.6) is 0 Å². The Bertz CT molecular complexity index is 663. The number of carbonyl (C=O) groups excluding carboxylic acids is 1. The van der Waals surface area contributed by atoms with Gasteiger partial charge in [0.2, 0.25) is 10.0 Å². The average molecular weight is 363 g/mol. The molecule has 0 bridgehead atoms. The Morgan fingerprint density at radius 3 is 2.70 bits per heavy atom. The van der Waals surface area contributed by atoms with E-state index in [-0.39, 0.29) is 34.8 Å². The van der Waals surface area contributed by atoms with E-state index in [4.69, 9.17) is 5.73 Å². The lowest BCUT2D eigenvalue weighted by molar-refractivity contribution is 0.0596. The van der Waals surface area contributed by atoms with Gasteiger partial charge in [-0.05, 0) is 44.4 Å². The van der Waals surface area contributed by atoms with Crippen LogP contribution in [0.4, 0.5) is 0 Å². The van der Waals surface area contributed by atoms with Crippen LogP contribution in [0.1, 0.15) is 35.2 Å². The number of benzene rings is 1. The number of esters is 1. The molecule has 3 N–H and O–H groups in total. The number of hydrogen-bond acceptors (Lipinski definition) is 5. The number of methoxy groups -OCH3 is 1. The van der Waals surface area contributed by atoms with Crippen LogP contribution in [0.25, 0.3) is 0 Å². The van der Waals surface area contributed by atoms with Gasteiger partial charge in [-0.2, -0.15) is 0 Å². The van der Waals surface area contributed by atoms with Gasteiger partial charge in [0, 0.05) is 6.04 Å². The molecule has 1 saturated carbocycles. The number of sulfonamides is 1. The van der Waals surface area contributed by atoms with Crippen molar-refractivity contribution >= 4 is 28.4 Å². The topological polar surface area (TPSA) is 98.5 Å². The fraction of sp³-hybridized carbons (Fsp3) is 0.533. The second kappa shape index (κ2) is 8.10. The van der Waals surface area contributed by atoms with Crippen molar-refractivity contribution < 1.29 is 17.9 Å². The number of carbonyl (C=O) groups is 1. The van der Waals surface area contributed by atoms with Gasteiger partial charge in [0.25, 0.3) is 0 Å². The first-order chi connectivity index (χ1) is 10.4. The van der Waals surface area contributed by atoms with Crippen molar-refractivity contribution in [1.29, 1.82) is 0 Å². The lowest BCUT2D eigenvalue weighted by atomic mass is 10.1. The van der Waals surface area contributed by atoms with Crippen molar-refractivity contribution in [2.75, 3.05) is 13.7 Å². The van der Waals surface area contributed by atoms with Crippen LogP contribution >= 0.6 is 12.4 Å². The van der Waals surface area contributed by atoms with Gasteiger partial charge in [-0.3, -0.25) is 0 Å². The normalized spacial score (nSPS) is 20.8. The smallest absolute Gasteiger partial charge is 0.339 e. The Hall–Kier alpha value is -1.15. The molecule has 2 rings (SSSR count). The Morgan fingerprint density at radius 2 is 2.09 bits per heavy atom. The van der Waals surface area contributed by atoms with Gasteiger partial charge < -0.3 is 10.5 Å². The summed E-state index contributed by atoms with van der Waals surface area (Å²) in [5, 5.41) is 0. The summed E-state index contributed by atoms with van der Waals surface area (Å²) in [6, 6.07) is 4.45. The molecule has 130 valence electrons. The summed E-state index contributed by atoms with van der Waals surface area (Å²) in [4.78, 5) is 11.8. The van der Waals surface area contributed by atoms with E-state index in [1.165, 1.54) is 19.2 Å². The summed E-state index contributed by atoms with van der Waals surface area (Å²) in [6.07, 6.45) is 2.63. The highest BCUT2D eigenvalue weighted by atomic mass is 35.5. The van der Waals surface area contributed by atoms with Crippen molar-refractivity contribution in [1.82, 2.24) is 4.72 Å². The predicted octanol–water partition coefficient (Wildman–Crippen LogP) is 1.61. The Balaban J connectivity index is 0.00000264. The van der Waals surface area contributed by atoms with E-state index in [0.717, 1.165) is 24.8 Å². The zero-order valence-electron chi connectivity index (χ0n) is 13.2. The molecular formula is C15H23ClN2O4S. The van der Waals surface area contributed by atoms with Gasteiger partial charge >= 0.3 is 5.97 Å². The van der Waals surface area contributed by atoms with E-state index in [2.05, 4.69) is 9.46 Å². The third-order valence-corrected chi connectivity index (χ3v) is 5.65. The highest BCUT2D eigenvalue weighted by molar-refractivity contribution is 7.89. The van der Waals surface area contributed by atoms with Crippen molar-refractivity contribution in [3.05, 3.63) is 29.3 Å². The molecule has 1 aliphatic rings. The molecule has 1 aliphatic carbocycles. The van der Waals surface area contributed by atoms with Crippen LogP contribution in [0.2, 0.25) is 0 Å². The lowest BCUT2D eigenvalue weighted by Crippen LogP contribution is -2.40. The molecular weight excluding hydrogens is 340 g/mol. The molecule has 0 saturated heterocycles. The van der Waals surface area contributed by atoms with Crippen LogP contribution in [-0.4, -0.2) is 34.1 Å². The van der Waals surface area contributed by atoms with Crippen LogP contribution < -0.4 is 10.5 Å². The Labute approximate surface area is 143 Å². The molecule has 8 heteroatoms. The largest absolute Gasteiger partial charge is 0.465 e. The van der Waals surface area contributed by atoms with E-state index >= 15 is 0 Å². The van der Waals surface area contributed by atoms with E-state index < -0.39 is 16.0 Å². The molecule has 2 atom stereocenters. The molecule has 6 nitrogen and oxygen atoms in total. The minimum atomic E-state index is -3.80. The molecule has 0 amide bonds. The number of hydrogen-bond donors (Lipinski definition) is 2. The van der Waals surface area contributed by atoms with Gasteiger partial charge in [-0.15, -0.1) is 12.4 Å². The maximum absolute atomic E-state index is 12.6. The van der Waals surface area contributed by atoms with Crippen molar-refractivity contribution in [2.24, 2.45) is 11.7 Å². The van der Waals surface area contributed by atoms with Crippen molar-refractivity contribution in [2.45, 2.75) is 37.1 Å². The van der Waals surface area contributed by atoms with Gasteiger partial charge in [-0.1, -0.05) is 18.1 Å². The zero-order chi connectivity index (χ0) is 16.3. The zero-order valence-corrected chi connectivity index (χ0v) is 14.9. The molecule has 0 aromatic heterocycles. The summed E-state index contributed by atoms with van der Waals surface area (Å²) < 4.78 is 32.7. The first kappa shape index (κ1) is 19.9. The van der Waals surface area contributed by atoms with Crippen molar-refractivity contribution in [3.8, 4) is 0 Å². The second-order valence-electron chi connectivity index (χ2n) is 5.65. The predicted molar refractivity (Wildman–Crippen MR) is 90.3 cm³/mol. The maximum atomic E-state index is 12.6. The number of ether oxygens (including phenoxy) is 1. The van der Waals surface area contributed by atoms with Crippen LogP contribution in [0.3, 0.4) is 0 Å². The monoisotopic (exact) mass is 362 g/mol. The summed E-state index contributed by atoms with van der Waals surface area (Å²) in [7, 11) is -2.56. The number of nitrogens with two attached hydrogens (primary N) is 1. The first-order valence-corrected chi connectivity index (χ1v) is 8.78. The highest BCUT2D eigenvalue weighted by Crippen LogP contribution is 2.27. The van der Waals surface area contributed by atoms with Crippen molar-refractivity contribution in [3.63, 3.8) is 0 Å². The number of nitrogens with one attached hydrogen (secondary N) is 1. The molecule has 1 aromatic rings. The number of rotatable bonds is 5. The summed E-state index contributed by atoms with van der Waals surface area (Å²) in [6.45, 7) is 2.24. The van der Waals surface area contributed by atoms with Gasteiger partial charge in [-0.25, -0.2) is 17.9 Å². The van der Waals surface area contributed by atoms with E-state index in [0.29, 0.717) is 6.54 Å². The number of halogens is 1. The molecule has 1 fully saturated rings. The fourth-order valence-corrected chi connectivity index (χ4v) is 4.40.